The maximum atomic E-state index is 12.0. The van der Waals surface area contributed by atoms with E-state index in [1.54, 1.807) is 0 Å². The summed E-state index contributed by atoms with van der Waals surface area (Å²) in [7, 11) is -5.29. The van der Waals surface area contributed by atoms with Crippen LogP contribution in [0.2, 0.25) is 0 Å². The van der Waals surface area contributed by atoms with Crippen LogP contribution in [0.1, 0.15) is 81.6 Å². The van der Waals surface area contributed by atoms with E-state index >= 15 is 0 Å². The zero-order valence-electron chi connectivity index (χ0n) is 22.5. The van der Waals surface area contributed by atoms with Crippen molar-refractivity contribution < 1.29 is 112 Å². The van der Waals surface area contributed by atoms with Gasteiger partial charge in [-0.15, -0.1) is 19.1 Å². The van der Waals surface area contributed by atoms with E-state index in [0.29, 0.717) is 6.42 Å². The molecule has 0 rings (SSSR count). The Hall–Kier alpha value is -0.690. The zero-order chi connectivity index (χ0) is 27.7. The number of rotatable bonds is 15. The fourth-order valence-electron chi connectivity index (χ4n) is 2.36. The monoisotopic (exact) mass is 598 g/mol. The molecule has 0 aromatic rings. The van der Waals surface area contributed by atoms with Gasteiger partial charge < -0.3 is 28.3 Å². The minimum Gasteiger partial charge on any atom is -0.790 e. The average Bonchev–Trinajstić information content (AvgIpc) is 2.78. The first-order valence-electron chi connectivity index (χ1n) is 11.2. The van der Waals surface area contributed by atoms with Crippen LogP contribution in [-0.2, 0) is 32.9 Å². The van der Waals surface area contributed by atoms with E-state index in [-0.39, 0.29) is 80.6 Å². The maximum absolute atomic E-state index is 12.0. The van der Waals surface area contributed by atoms with Crippen molar-refractivity contribution in [1.29, 1.82) is 0 Å². The van der Waals surface area contributed by atoms with Gasteiger partial charge >= 0.3 is 71.1 Å². The quantitative estimate of drug-likeness (QED) is 0.0417. The molecule has 0 N–H and O–H groups in total. The molecule has 0 unspecified atom stereocenters. The predicted molar refractivity (Wildman–Crippen MR) is 148 cm³/mol. The van der Waals surface area contributed by atoms with Gasteiger partial charge in [0.2, 0.25) is 0 Å². The molecule has 0 heterocycles. The molecular formula is C25H45Na2O9PS. The molecule has 212 valence electrons. The molecule has 9 nitrogen and oxygen atoms in total. The molecule has 0 aromatic heterocycles. The minimum atomic E-state index is -5.29. The first-order chi connectivity index (χ1) is 17.0. The third-order valence-corrected chi connectivity index (χ3v) is 4.30. The molecule has 0 aliphatic rings. The second-order valence-electron chi connectivity index (χ2n) is 7.09. The summed E-state index contributed by atoms with van der Waals surface area (Å²) in [5.41, 5.74) is 0. The first kappa shape index (κ1) is 44.3. The third kappa shape index (κ3) is 39.8. The number of phosphoric acid groups is 1. The van der Waals surface area contributed by atoms with E-state index in [4.69, 9.17) is 15.9 Å². The van der Waals surface area contributed by atoms with Gasteiger partial charge in [0.05, 0.1) is 14.4 Å². The second kappa shape index (κ2) is 30.8. The summed E-state index contributed by atoms with van der Waals surface area (Å²) in [6, 6.07) is 0. The Morgan fingerprint density at radius 2 is 1.42 bits per heavy atom. The van der Waals surface area contributed by atoms with Gasteiger partial charge in [0.25, 0.3) is 0 Å². The molecule has 0 aliphatic carbocycles. The number of carbonyl (C=O) groups is 3. The Balaban J connectivity index is -0.0000000928. The van der Waals surface area contributed by atoms with Gasteiger partial charge in [0.15, 0.2) is 11.2 Å². The van der Waals surface area contributed by atoms with E-state index in [0.717, 1.165) is 19.3 Å². The van der Waals surface area contributed by atoms with Crippen molar-refractivity contribution in [3.63, 3.8) is 0 Å². The van der Waals surface area contributed by atoms with Crippen LogP contribution < -0.4 is 68.9 Å². The summed E-state index contributed by atoms with van der Waals surface area (Å²) in [6.07, 6.45) is 12.1. The van der Waals surface area contributed by atoms with E-state index in [9.17, 15) is 28.7 Å². The summed E-state index contributed by atoms with van der Waals surface area (Å²) in [5, 5.41) is -0.139. The van der Waals surface area contributed by atoms with E-state index in [2.05, 4.69) is 53.7 Å². The summed E-state index contributed by atoms with van der Waals surface area (Å²) >= 11 is 3.33. The number of thiol groups is 1. The summed E-state index contributed by atoms with van der Waals surface area (Å²) in [5.74, 6) is 13.7. The standard InChI is InChI=1S/C23H29O8P.C2H4OS.2Na.7H2/c1-3-5-7-9-11-12-14-16-18-23(25)31-21(20-30-32(26,27)28)19-29-22(24)17-15-13-10-8-6-4-2;1-2(3)4;;;;;;;;;/h2,21H,3,5,7,9,11-12,14,16,18-20H2,1H3,(H2,26,27,28);1H3,(H,3,4);;;7*1H/q;;2*+1;;;;;;;/p-2/t21-;;;;;;;;;;/m1........../s1. The van der Waals surface area contributed by atoms with E-state index < -0.39 is 39.1 Å². The molecule has 0 bridgehead atoms. The van der Waals surface area contributed by atoms with Crippen LogP contribution in [0, 0.1) is 47.9 Å². The molecule has 13 heteroatoms. The Morgan fingerprint density at radius 1 is 0.921 bits per heavy atom. The van der Waals surface area contributed by atoms with Crippen molar-refractivity contribution in [1.82, 2.24) is 0 Å². The Labute approximate surface area is 286 Å². The van der Waals surface area contributed by atoms with Gasteiger partial charge in [-0.05, 0) is 41.9 Å². The Morgan fingerprint density at radius 3 is 1.95 bits per heavy atom. The van der Waals surface area contributed by atoms with Crippen molar-refractivity contribution in [2.24, 2.45) is 0 Å². The molecule has 0 aromatic carbocycles. The van der Waals surface area contributed by atoms with E-state index in [1.165, 1.54) is 32.6 Å². The van der Waals surface area contributed by atoms with Crippen molar-refractivity contribution >= 4 is 37.5 Å². The van der Waals surface area contributed by atoms with E-state index in [1.807, 2.05) is 11.8 Å². The van der Waals surface area contributed by atoms with Crippen LogP contribution in [0.4, 0.5) is 0 Å². The summed E-state index contributed by atoms with van der Waals surface area (Å²) in [4.78, 5) is 54.2. The second-order valence-corrected chi connectivity index (χ2v) is 8.87. The molecule has 0 radical (unpaired) electrons. The molecule has 0 saturated carbocycles. The summed E-state index contributed by atoms with van der Waals surface area (Å²) in [6.45, 7) is 2.24. The zero-order valence-corrected chi connectivity index (χ0v) is 28.3. The number of terminal acetylenes is 1. The summed E-state index contributed by atoms with van der Waals surface area (Å²) < 4.78 is 24.7. The molecule has 0 aliphatic heterocycles. The number of hydrogen-bond donors (Lipinski definition) is 1. The number of hydrogen-bond acceptors (Lipinski definition) is 9. The molecule has 38 heavy (non-hydrogen) atoms. The Kier molecular flexibility index (Phi) is 36.0. The van der Waals surface area contributed by atoms with Gasteiger partial charge in [-0.3, -0.25) is 9.59 Å². The van der Waals surface area contributed by atoms with Gasteiger partial charge in [-0.25, -0.2) is 4.79 Å². The van der Waals surface area contributed by atoms with Gasteiger partial charge in [-0.2, -0.15) is 0 Å². The molecule has 0 amide bonds. The van der Waals surface area contributed by atoms with Crippen molar-refractivity contribution in [3.05, 3.63) is 0 Å². The van der Waals surface area contributed by atoms with Gasteiger partial charge in [-0.1, -0.05) is 51.9 Å². The molecule has 0 saturated heterocycles. The van der Waals surface area contributed by atoms with Crippen LogP contribution in [0.15, 0.2) is 0 Å². The smallest absolute Gasteiger partial charge is 0.790 e. The molecule has 0 fully saturated rings. The maximum Gasteiger partial charge on any atom is 1.00 e. The fourth-order valence-corrected chi connectivity index (χ4v) is 2.70. The van der Waals surface area contributed by atoms with Crippen LogP contribution in [0.25, 0.3) is 0 Å². The molecule has 1 atom stereocenters. The minimum absolute atomic E-state index is 0. The number of carbonyl (C=O) groups excluding carboxylic acids is 3. The van der Waals surface area contributed by atoms with Crippen LogP contribution in [-0.4, -0.2) is 36.4 Å². The van der Waals surface area contributed by atoms with Gasteiger partial charge in [0.1, 0.15) is 6.61 Å². The fraction of sp³-hybridized carbons (Fsp3) is 0.560. The molecule has 0 spiro atoms. The average molecular weight is 599 g/mol. The van der Waals surface area contributed by atoms with Crippen LogP contribution in [0.5, 0.6) is 0 Å². The van der Waals surface area contributed by atoms with Crippen LogP contribution in [0.3, 0.4) is 0 Å². The largest absolute Gasteiger partial charge is 1.00 e. The number of phosphoric ester groups is 1. The SMILES string of the molecule is C#CC#CC#CC#CC(=O)OC[C@H](COP(=O)([O-])[O-])OC(=O)CCCCCCCCCC.CC(=O)S.[HH].[HH].[HH].[HH].[HH].[HH].[HH].[Na+].[Na+]. The third-order valence-electron chi connectivity index (χ3n) is 3.84. The topological polar surface area (TPSA) is 142 Å². The predicted octanol–water partition coefficient (Wildman–Crippen LogP) is -2.35. The van der Waals surface area contributed by atoms with Crippen molar-refractivity contribution in [3.8, 4) is 47.9 Å². The number of ether oxygens (including phenoxy) is 2. The molecular weight excluding hydrogens is 553 g/mol. The number of esters is 2. The normalized spacial score (nSPS) is 9.68. The van der Waals surface area contributed by atoms with Crippen LogP contribution >= 0.6 is 20.5 Å². The first-order valence-corrected chi connectivity index (χ1v) is 13.1. The Bertz CT molecular complexity index is 981. The van der Waals surface area contributed by atoms with Crippen molar-refractivity contribution in [2.75, 3.05) is 13.2 Å². The van der Waals surface area contributed by atoms with Gasteiger partial charge in [0, 0.05) is 29.3 Å². The van der Waals surface area contributed by atoms with Crippen molar-refractivity contribution in [2.45, 2.75) is 77.7 Å². The number of unbranched alkanes of at least 4 members (excludes halogenated alkanes) is 7.